The van der Waals surface area contributed by atoms with Gasteiger partial charge in [0.1, 0.15) is 0 Å². The molecule has 8 aromatic rings. The second-order valence-corrected chi connectivity index (χ2v) is 15.6. The SMILES string of the molecule is N#CCCn1cc(-c2ccc(-n3nnc4cnc(N[C@@H]5CC[C@@H](O)C5)nc43)cc2)cn1.NC(=O)CCn1cc(-c2ccc(-n3nnc4cnc(N[C@@H]5CC[C@@H](O)C5)nc43)cc2)cn1. The number of aliphatic hydroxyl groups excluding tert-OH is 2. The zero-order valence-electron chi connectivity index (χ0n) is 34.1. The molecule has 0 radical (unpaired) electrons. The molecule has 6 N–H and O–H groups in total. The number of carbonyl (C=O) groups is 1. The van der Waals surface area contributed by atoms with Crippen LogP contribution in [0.4, 0.5) is 11.9 Å². The molecule has 6 heterocycles. The number of nitrogens with zero attached hydrogens (tertiary/aromatic N) is 15. The van der Waals surface area contributed by atoms with Gasteiger partial charge in [-0.1, -0.05) is 34.7 Å². The van der Waals surface area contributed by atoms with Crippen LogP contribution in [0.1, 0.15) is 51.4 Å². The smallest absolute Gasteiger partial charge is 0.225 e. The van der Waals surface area contributed by atoms with Crippen LogP contribution in [0.15, 0.2) is 85.7 Å². The van der Waals surface area contributed by atoms with Crippen molar-refractivity contribution >= 4 is 40.1 Å². The van der Waals surface area contributed by atoms with E-state index in [-0.39, 0.29) is 36.6 Å². The lowest BCUT2D eigenvalue weighted by molar-refractivity contribution is -0.118. The summed E-state index contributed by atoms with van der Waals surface area (Å²) >= 11 is 0. The number of anilines is 2. The molecule has 320 valence electrons. The lowest BCUT2D eigenvalue weighted by Gasteiger charge is -2.11. The van der Waals surface area contributed by atoms with Crippen LogP contribution in [0.3, 0.4) is 0 Å². The number of aromatic nitrogens is 14. The van der Waals surface area contributed by atoms with Crippen molar-refractivity contribution in [1.29, 1.82) is 5.26 Å². The molecule has 6 aromatic heterocycles. The first-order chi connectivity index (χ1) is 30.7. The van der Waals surface area contributed by atoms with Gasteiger partial charge in [0.25, 0.3) is 0 Å². The van der Waals surface area contributed by atoms with Gasteiger partial charge < -0.3 is 26.6 Å². The van der Waals surface area contributed by atoms with Gasteiger partial charge in [-0.2, -0.15) is 34.8 Å². The number of hydrogen-bond donors (Lipinski definition) is 5. The fourth-order valence-corrected chi connectivity index (χ4v) is 7.74. The first-order valence-corrected chi connectivity index (χ1v) is 20.7. The van der Waals surface area contributed by atoms with Gasteiger partial charge in [0.15, 0.2) is 22.3 Å². The highest BCUT2D eigenvalue weighted by Gasteiger charge is 2.25. The molecule has 1 amide bonds. The molecule has 2 aliphatic carbocycles. The summed E-state index contributed by atoms with van der Waals surface area (Å²) in [5.41, 5.74) is 13.2. The Balaban J connectivity index is 0.000000160. The number of hydrogen-bond acceptors (Lipinski definition) is 16. The van der Waals surface area contributed by atoms with Crippen LogP contribution in [0.5, 0.6) is 0 Å². The lowest BCUT2D eigenvalue weighted by Crippen LogP contribution is -2.18. The van der Waals surface area contributed by atoms with E-state index in [4.69, 9.17) is 11.0 Å². The molecule has 0 unspecified atom stereocenters. The van der Waals surface area contributed by atoms with Crippen LogP contribution >= 0.6 is 0 Å². The van der Waals surface area contributed by atoms with Crippen LogP contribution < -0.4 is 16.4 Å². The van der Waals surface area contributed by atoms with E-state index in [0.29, 0.717) is 66.6 Å². The standard InChI is InChI=1S/C21H23N9O2.C21H21N9O/c22-19(32)7-8-29-12-14(10-24-29)13-1-4-16(5-2-13)30-20-18(27-28-30)11-23-21(26-20)25-15-3-6-17(31)9-15;22-8-1-9-29-13-15(11-24-29)14-2-5-17(6-3-14)30-20-19(27-28-30)12-23-21(26-20)25-16-4-7-18(31)10-16/h1-2,4-5,10-12,15,17,31H,3,6-9H2,(H2,22,32)(H,23,25,26);2-3,5-6,11-13,16,18,31H,1,4,7,9-10H2,(H,23,25,26)/t15-,17-;16-,18-/m11/s1. The summed E-state index contributed by atoms with van der Waals surface area (Å²) in [6.07, 6.45) is 15.6. The van der Waals surface area contributed by atoms with E-state index in [1.54, 1.807) is 43.5 Å². The fraction of sp³-hybridized carbons (Fsp3) is 0.333. The lowest BCUT2D eigenvalue weighted by atomic mass is 10.1. The average molecular weight is 849 g/mol. The quantitative estimate of drug-likeness (QED) is 0.111. The first-order valence-electron chi connectivity index (χ1n) is 20.7. The van der Waals surface area contributed by atoms with E-state index in [9.17, 15) is 15.0 Å². The zero-order chi connectivity index (χ0) is 43.3. The van der Waals surface area contributed by atoms with Crippen LogP contribution in [0.2, 0.25) is 0 Å². The molecule has 21 heteroatoms. The number of nitriles is 1. The number of nitrogens with one attached hydrogen (secondary N) is 2. The second kappa shape index (κ2) is 18.1. The normalized spacial score (nSPS) is 18.3. The molecule has 4 atom stereocenters. The molecule has 2 saturated carbocycles. The van der Waals surface area contributed by atoms with Crippen molar-refractivity contribution in [3.05, 3.63) is 85.7 Å². The van der Waals surface area contributed by atoms with Crippen LogP contribution in [-0.2, 0) is 17.9 Å². The van der Waals surface area contributed by atoms with E-state index in [0.717, 1.165) is 59.3 Å². The van der Waals surface area contributed by atoms with E-state index >= 15 is 0 Å². The Hall–Kier alpha value is -7.70. The van der Waals surface area contributed by atoms with Crippen LogP contribution in [0, 0.1) is 11.3 Å². The third kappa shape index (κ3) is 9.46. The molecular formula is C42H44N18O3. The number of rotatable bonds is 13. The summed E-state index contributed by atoms with van der Waals surface area (Å²) in [5.74, 6) is 0.658. The molecule has 0 aliphatic heterocycles. The number of primary amides is 1. The molecular weight excluding hydrogens is 805 g/mol. The van der Waals surface area contributed by atoms with Crippen molar-refractivity contribution in [2.75, 3.05) is 10.6 Å². The predicted octanol–water partition coefficient (Wildman–Crippen LogP) is 3.59. The van der Waals surface area contributed by atoms with Crippen molar-refractivity contribution < 1.29 is 15.0 Å². The second-order valence-electron chi connectivity index (χ2n) is 15.6. The van der Waals surface area contributed by atoms with Gasteiger partial charge in [0, 0.05) is 48.6 Å². The third-order valence-electron chi connectivity index (χ3n) is 11.1. The highest BCUT2D eigenvalue weighted by molar-refractivity contribution is 5.74. The monoisotopic (exact) mass is 848 g/mol. The highest BCUT2D eigenvalue weighted by Crippen LogP contribution is 2.26. The fourth-order valence-electron chi connectivity index (χ4n) is 7.74. The van der Waals surface area contributed by atoms with Gasteiger partial charge in [-0.05, 0) is 73.9 Å². The average Bonchev–Trinajstić information content (AvgIpc) is 4.17. The van der Waals surface area contributed by atoms with Crippen LogP contribution in [0.25, 0.3) is 56.0 Å². The van der Waals surface area contributed by atoms with E-state index in [1.807, 2.05) is 60.9 Å². The van der Waals surface area contributed by atoms with E-state index in [1.165, 1.54) is 0 Å². The summed E-state index contributed by atoms with van der Waals surface area (Å²) in [4.78, 5) is 28.8. The van der Waals surface area contributed by atoms with Gasteiger partial charge in [0.2, 0.25) is 17.8 Å². The number of fused-ring (bicyclic) bond motifs is 2. The third-order valence-corrected chi connectivity index (χ3v) is 11.1. The maximum absolute atomic E-state index is 11.0. The number of amides is 1. The number of carbonyl (C=O) groups excluding carboxylic acids is 1. The predicted molar refractivity (Wildman–Crippen MR) is 230 cm³/mol. The van der Waals surface area contributed by atoms with E-state index in [2.05, 4.69) is 67.5 Å². The van der Waals surface area contributed by atoms with Crippen molar-refractivity contribution in [3.63, 3.8) is 0 Å². The molecule has 10 rings (SSSR count). The number of benzene rings is 2. The molecule has 63 heavy (non-hydrogen) atoms. The molecule has 0 spiro atoms. The summed E-state index contributed by atoms with van der Waals surface area (Å²) < 4.78 is 6.83. The minimum absolute atomic E-state index is 0.162. The Labute approximate surface area is 359 Å². The van der Waals surface area contributed by atoms with Crippen molar-refractivity contribution in [1.82, 2.24) is 69.5 Å². The van der Waals surface area contributed by atoms with Gasteiger partial charge in [-0.25, -0.2) is 9.97 Å². The zero-order valence-corrected chi connectivity index (χ0v) is 34.1. The molecule has 2 aliphatic rings. The Morgan fingerprint density at radius 2 is 1.16 bits per heavy atom. The largest absolute Gasteiger partial charge is 0.393 e. The highest BCUT2D eigenvalue weighted by atomic mass is 16.3. The van der Waals surface area contributed by atoms with Gasteiger partial charge in [-0.3, -0.25) is 14.2 Å². The Morgan fingerprint density at radius 3 is 1.59 bits per heavy atom. The summed E-state index contributed by atoms with van der Waals surface area (Å²) in [6, 6.07) is 18.2. The minimum Gasteiger partial charge on any atom is -0.393 e. The van der Waals surface area contributed by atoms with Crippen molar-refractivity contribution in [3.8, 4) is 39.7 Å². The first kappa shape index (κ1) is 40.7. The molecule has 21 nitrogen and oxygen atoms in total. The minimum atomic E-state index is -0.352. The summed E-state index contributed by atoms with van der Waals surface area (Å²) in [5, 5.41) is 60.2. The van der Waals surface area contributed by atoms with Crippen molar-refractivity contribution in [2.45, 2.75) is 88.7 Å². The number of nitrogens with two attached hydrogens (primary N) is 1. The maximum atomic E-state index is 11.0. The topological polar surface area (TPSA) is 280 Å². The molecule has 0 saturated heterocycles. The van der Waals surface area contributed by atoms with Gasteiger partial charge >= 0.3 is 0 Å². The summed E-state index contributed by atoms with van der Waals surface area (Å²) in [7, 11) is 0. The maximum Gasteiger partial charge on any atom is 0.225 e. The molecule has 2 aromatic carbocycles. The molecule has 2 fully saturated rings. The van der Waals surface area contributed by atoms with E-state index < -0.39 is 0 Å². The Bertz CT molecular complexity index is 2880. The number of aryl methyl sites for hydroxylation is 2. The Morgan fingerprint density at radius 1 is 0.683 bits per heavy atom. The van der Waals surface area contributed by atoms with Crippen molar-refractivity contribution in [2.24, 2.45) is 5.73 Å². The van der Waals surface area contributed by atoms with Gasteiger partial charge in [-0.15, -0.1) is 10.2 Å². The van der Waals surface area contributed by atoms with Crippen LogP contribution in [-0.4, -0.2) is 110 Å². The van der Waals surface area contributed by atoms with Gasteiger partial charge in [0.05, 0.1) is 67.4 Å². The number of aliphatic hydroxyl groups is 2. The Kier molecular flexibility index (Phi) is 11.7. The molecule has 0 bridgehead atoms. The summed E-state index contributed by atoms with van der Waals surface area (Å²) in [6.45, 7) is 1.03.